The number of nitriles is 1. The van der Waals surface area contributed by atoms with E-state index < -0.39 is 11.2 Å². The average Bonchev–Trinajstić information content (AvgIpc) is 3.20. The minimum atomic E-state index is -0.520. The van der Waals surface area contributed by atoms with Gasteiger partial charge in [0, 0.05) is 12.6 Å². The standard InChI is InChI=1S/C23H19N5O3/c1-3-11-27-22(29)20-21(28(23(27)30)18-9-6-10-19(12-18)31-2)25-15-26(20)14-17-8-5-4-7-16(17)13-24/h3-10,12,15H,1,11,14H2,2H3. The van der Waals surface area contributed by atoms with Crippen LogP contribution in [-0.4, -0.2) is 25.8 Å². The summed E-state index contributed by atoms with van der Waals surface area (Å²) in [4.78, 5) is 30.8. The lowest BCUT2D eigenvalue weighted by Gasteiger charge is -2.13. The van der Waals surface area contributed by atoms with Gasteiger partial charge in [0.15, 0.2) is 11.2 Å². The van der Waals surface area contributed by atoms with Crippen molar-refractivity contribution in [3.05, 3.63) is 99.5 Å². The summed E-state index contributed by atoms with van der Waals surface area (Å²) in [5, 5.41) is 9.40. The second-order valence-electron chi connectivity index (χ2n) is 6.84. The Hall–Kier alpha value is -4.38. The smallest absolute Gasteiger partial charge is 0.337 e. The van der Waals surface area contributed by atoms with Crippen molar-refractivity contribution in [2.24, 2.45) is 0 Å². The summed E-state index contributed by atoms with van der Waals surface area (Å²) in [7, 11) is 1.54. The molecule has 0 unspecified atom stereocenters. The fourth-order valence-corrected chi connectivity index (χ4v) is 3.52. The molecule has 0 N–H and O–H groups in total. The molecule has 0 spiro atoms. The van der Waals surface area contributed by atoms with E-state index in [2.05, 4.69) is 17.6 Å². The van der Waals surface area contributed by atoms with Crippen molar-refractivity contribution in [2.45, 2.75) is 13.1 Å². The second kappa shape index (κ2) is 8.16. The predicted molar refractivity (Wildman–Crippen MR) is 117 cm³/mol. The van der Waals surface area contributed by atoms with Crippen molar-refractivity contribution in [1.29, 1.82) is 5.26 Å². The van der Waals surface area contributed by atoms with Crippen LogP contribution in [0.4, 0.5) is 0 Å². The highest BCUT2D eigenvalue weighted by Gasteiger charge is 2.19. The van der Waals surface area contributed by atoms with Crippen molar-refractivity contribution in [3.8, 4) is 17.5 Å². The molecule has 0 saturated heterocycles. The predicted octanol–water partition coefficient (Wildman–Crippen LogP) is 2.46. The Morgan fingerprint density at radius 1 is 1.19 bits per heavy atom. The topological polar surface area (TPSA) is 94.8 Å². The van der Waals surface area contributed by atoms with E-state index in [1.807, 2.05) is 12.1 Å². The second-order valence-corrected chi connectivity index (χ2v) is 6.84. The highest BCUT2D eigenvalue weighted by molar-refractivity contribution is 5.72. The van der Waals surface area contributed by atoms with E-state index in [0.717, 1.165) is 10.1 Å². The van der Waals surface area contributed by atoms with Crippen LogP contribution in [-0.2, 0) is 13.1 Å². The molecule has 2 aromatic carbocycles. The van der Waals surface area contributed by atoms with Gasteiger partial charge >= 0.3 is 5.69 Å². The molecule has 0 radical (unpaired) electrons. The number of allylic oxidation sites excluding steroid dienone is 1. The molecule has 0 aliphatic carbocycles. The lowest BCUT2D eigenvalue weighted by atomic mass is 10.1. The Bertz CT molecular complexity index is 1450. The number of hydrogen-bond donors (Lipinski definition) is 0. The van der Waals surface area contributed by atoms with Gasteiger partial charge in [-0.15, -0.1) is 6.58 Å². The molecule has 0 aliphatic heterocycles. The lowest BCUT2D eigenvalue weighted by Crippen LogP contribution is -2.39. The minimum Gasteiger partial charge on any atom is -0.497 e. The largest absolute Gasteiger partial charge is 0.497 e. The number of aromatic nitrogens is 4. The zero-order valence-corrected chi connectivity index (χ0v) is 16.9. The Labute approximate surface area is 177 Å². The number of fused-ring (bicyclic) bond motifs is 1. The molecule has 0 saturated carbocycles. The Balaban J connectivity index is 2.01. The number of methoxy groups -OCH3 is 1. The van der Waals surface area contributed by atoms with Crippen LogP contribution in [0, 0.1) is 11.3 Å². The molecule has 31 heavy (non-hydrogen) atoms. The fourth-order valence-electron chi connectivity index (χ4n) is 3.52. The third kappa shape index (κ3) is 3.42. The SMILES string of the molecule is C=CCn1c(=O)c2c(ncn2Cc2ccccc2C#N)n(-c2cccc(OC)c2)c1=O. The maximum Gasteiger partial charge on any atom is 0.337 e. The zero-order chi connectivity index (χ0) is 22.0. The van der Waals surface area contributed by atoms with Crippen molar-refractivity contribution in [1.82, 2.24) is 18.7 Å². The van der Waals surface area contributed by atoms with Crippen molar-refractivity contribution < 1.29 is 4.74 Å². The average molecular weight is 413 g/mol. The first-order chi connectivity index (χ1) is 15.1. The summed E-state index contributed by atoms with van der Waals surface area (Å²) in [6.45, 7) is 3.98. The Morgan fingerprint density at radius 3 is 2.74 bits per heavy atom. The van der Waals surface area contributed by atoms with Crippen LogP contribution in [0.15, 0.2) is 77.1 Å². The van der Waals surface area contributed by atoms with Gasteiger partial charge in [0.25, 0.3) is 5.56 Å². The number of ether oxygens (including phenoxy) is 1. The summed E-state index contributed by atoms with van der Waals surface area (Å²) in [5.41, 5.74) is 1.29. The summed E-state index contributed by atoms with van der Waals surface area (Å²) in [5.74, 6) is 0.571. The molecular weight excluding hydrogens is 394 g/mol. The number of hydrogen-bond acceptors (Lipinski definition) is 5. The molecule has 0 fully saturated rings. The van der Waals surface area contributed by atoms with Crippen molar-refractivity contribution >= 4 is 11.2 Å². The van der Waals surface area contributed by atoms with Crippen molar-refractivity contribution in [3.63, 3.8) is 0 Å². The van der Waals surface area contributed by atoms with Crippen LogP contribution in [0.25, 0.3) is 16.9 Å². The molecule has 0 bridgehead atoms. The Morgan fingerprint density at radius 2 is 2.00 bits per heavy atom. The third-order valence-electron chi connectivity index (χ3n) is 5.00. The van der Waals surface area contributed by atoms with Gasteiger partial charge in [-0.3, -0.25) is 9.36 Å². The number of nitrogens with zero attached hydrogens (tertiary/aromatic N) is 5. The molecule has 2 heterocycles. The molecule has 4 rings (SSSR count). The first-order valence-electron chi connectivity index (χ1n) is 9.53. The highest BCUT2D eigenvalue weighted by atomic mass is 16.5. The quantitative estimate of drug-likeness (QED) is 0.453. The van der Waals surface area contributed by atoms with Crippen molar-refractivity contribution in [2.75, 3.05) is 7.11 Å². The summed E-state index contributed by atoms with van der Waals surface area (Å²) in [6, 6.07) is 16.3. The fraction of sp³-hybridized carbons (Fsp3) is 0.130. The maximum atomic E-state index is 13.2. The molecular formula is C23H19N5O3. The van der Waals surface area contributed by atoms with Gasteiger partial charge in [0.2, 0.25) is 0 Å². The van der Waals surface area contributed by atoms with Crippen LogP contribution in [0.3, 0.4) is 0 Å². The minimum absolute atomic E-state index is 0.0531. The van der Waals surface area contributed by atoms with Gasteiger partial charge in [-0.25, -0.2) is 14.3 Å². The molecule has 2 aromatic heterocycles. The van der Waals surface area contributed by atoms with Crippen LogP contribution in [0.2, 0.25) is 0 Å². The number of benzene rings is 2. The van der Waals surface area contributed by atoms with Gasteiger partial charge in [0.05, 0.1) is 37.3 Å². The first kappa shape index (κ1) is 19.9. The van der Waals surface area contributed by atoms with Crippen LogP contribution >= 0.6 is 0 Å². The van der Waals surface area contributed by atoms with Gasteiger partial charge in [-0.05, 0) is 23.8 Å². The first-order valence-corrected chi connectivity index (χ1v) is 9.53. The molecule has 0 aliphatic rings. The number of rotatable bonds is 6. The van der Waals surface area contributed by atoms with E-state index in [9.17, 15) is 14.9 Å². The zero-order valence-electron chi connectivity index (χ0n) is 16.9. The molecule has 0 atom stereocenters. The third-order valence-corrected chi connectivity index (χ3v) is 5.00. The van der Waals surface area contributed by atoms with Gasteiger partial charge in [-0.1, -0.05) is 30.3 Å². The van der Waals surface area contributed by atoms with Gasteiger partial charge in [0.1, 0.15) is 5.75 Å². The highest BCUT2D eigenvalue weighted by Crippen LogP contribution is 2.19. The van der Waals surface area contributed by atoms with Crippen LogP contribution < -0.4 is 16.0 Å². The molecule has 4 aromatic rings. The van der Waals surface area contributed by atoms with E-state index in [-0.39, 0.29) is 24.3 Å². The summed E-state index contributed by atoms with van der Waals surface area (Å²) < 4.78 is 9.44. The summed E-state index contributed by atoms with van der Waals surface area (Å²) >= 11 is 0. The van der Waals surface area contributed by atoms with E-state index in [0.29, 0.717) is 17.0 Å². The maximum absolute atomic E-state index is 13.2. The van der Waals surface area contributed by atoms with Gasteiger partial charge < -0.3 is 9.30 Å². The summed E-state index contributed by atoms with van der Waals surface area (Å²) in [6.07, 6.45) is 3.00. The number of imidazole rings is 1. The van der Waals surface area contributed by atoms with E-state index >= 15 is 0 Å². The van der Waals surface area contributed by atoms with Crippen LogP contribution in [0.5, 0.6) is 5.75 Å². The molecule has 154 valence electrons. The molecule has 8 heteroatoms. The molecule has 8 nitrogen and oxygen atoms in total. The Kier molecular flexibility index (Phi) is 5.24. The van der Waals surface area contributed by atoms with E-state index in [1.54, 1.807) is 41.0 Å². The van der Waals surface area contributed by atoms with Gasteiger partial charge in [-0.2, -0.15) is 5.26 Å². The van der Waals surface area contributed by atoms with E-state index in [1.165, 1.54) is 24.1 Å². The normalized spacial score (nSPS) is 10.7. The van der Waals surface area contributed by atoms with Crippen LogP contribution in [0.1, 0.15) is 11.1 Å². The molecule has 0 amide bonds. The van der Waals surface area contributed by atoms with E-state index in [4.69, 9.17) is 4.74 Å². The lowest BCUT2D eigenvalue weighted by molar-refractivity contribution is 0.414. The monoisotopic (exact) mass is 413 g/mol.